The minimum Gasteiger partial charge on any atom is -0.450 e. The molecule has 76 valence electrons. The van der Waals surface area contributed by atoms with E-state index in [1.807, 2.05) is 6.08 Å². The van der Waals surface area contributed by atoms with Crippen molar-refractivity contribution >= 4 is 6.16 Å². The van der Waals surface area contributed by atoms with E-state index in [0.29, 0.717) is 0 Å². The lowest BCUT2D eigenvalue weighted by atomic mass is 10.1. The van der Waals surface area contributed by atoms with Gasteiger partial charge in [-0.25, -0.2) is 4.79 Å². The lowest BCUT2D eigenvalue weighted by Gasteiger charge is -2.00. The van der Waals surface area contributed by atoms with E-state index in [2.05, 4.69) is 18.6 Å². The van der Waals surface area contributed by atoms with Gasteiger partial charge in [-0.1, -0.05) is 32.4 Å². The van der Waals surface area contributed by atoms with Gasteiger partial charge in [-0.05, 0) is 18.8 Å². The molecule has 0 aliphatic rings. The number of carboxylic acid groups (broad SMARTS) is 1. The first-order valence-corrected chi connectivity index (χ1v) is 4.63. The zero-order chi connectivity index (χ0) is 10.1. The zero-order valence-electron chi connectivity index (χ0n) is 8.32. The molecule has 0 atom stereocenters. The van der Waals surface area contributed by atoms with Gasteiger partial charge in [0.25, 0.3) is 0 Å². The van der Waals surface area contributed by atoms with Gasteiger partial charge in [0.05, 0.1) is 0 Å². The van der Waals surface area contributed by atoms with E-state index in [1.54, 1.807) is 6.08 Å². The van der Waals surface area contributed by atoms with E-state index in [-0.39, 0.29) is 6.61 Å². The van der Waals surface area contributed by atoms with Gasteiger partial charge >= 0.3 is 6.16 Å². The number of hydrogen-bond acceptors (Lipinski definition) is 2. The fourth-order valence-electron chi connectivity index (χ4n) is 0.949. The van der Waals surface area contributed by atoms with Crippen LogP contribution in [0.15, 0.2) is 12.2 Å². The van der Waals surface area contributed by atoms with Crippen molar-refractivity contribution in [3.8, 4) is 0 Å². The molecule has 0 rings (SSSR count). The maximum Gasteiger partial charge on any atom is 0.506 e. The highest BCUT2D eigenvalue weighted by Gasteiger charge is 1.92. The molecule has 0 aliphatic carbocycles. The summed E-state index contributed by atoms with van der Waals surface area (Å²) in [6.45, 7) is 4.55. The van der Waals surface area contributed by atoms with Crippen LogP contribution in [0.4, 0.5) is 4.79 Å². The van der Waals surface area contributed by atoms with Crippen molar-refractivity contribution in [2.45, 2.75) is 33.1 Å². The highest BCUT2D eigenvalue weighted by molar-refractivity contribution is 5.56. The van der Waals surface area contributed by atoms with Crippen LogP contribution in [0.3, 0.4) is 0 Å². The molecule has 0 spiro atoms. The van der Waals surface area contributed by atoms with Gasteiger partial charge in [0.15, 0.2) is 0 Å². The quantitative estimate of drug-likeness (QED) is 0.394. The topological polar surface area (TPSA) is 46.5 Å². The molecule has 0 aromatic rings. The smallest absolute Gasteiger partial charge is 0.450 e. The lowest BCUT2D eigenvalue weighted by molar-refractivity contribution is 0.102. The van der Waals surface area contributed by atoms with E-state index in [9.17, 15) is 4.79 Å². The largest absolute Gasteiger partial charge is 0.506 e. The summed E-state index contributed by atoms with van der Waals surface area (Å²) in [5.74, 6) is 0.740. The van der Waals surface area contributed by atoms with Crippen LogP contribution in [-0.4, -0.2) is 17.9 Å². The summed E-state index contributed by atoms with van der Waals surface area (Å²) < 4.78 is 4.30. The Morgan fingerprint density at radius 3 is 2.69 bits per heavy atom. The van der Waals surface area contributed by atoms with Crippen LogP contribution >= 0.6 is 0 Å². The van der Waals surface area contributed by atoms with E-state index in [4.69, 9.17) is 5.11 Å². The van der Waals surface area contributed by atoms with E-state index < -0.39 is 6.16 Å². The fourth-order valence-corrected chi connectivity index (χ4v) is 0.949. The third-order valence-electron chi connectivity index (χ3n) is 1.62. The van der Waals surface area contributed by atoms with Gasteiger partial charge < -0.3 is 9.84 Å². The van der Waals surface area contributed by atoms with E-state index in [1.165, 1.54) is 6.42 Å². The Balaban J connectivity index is 3.17. The van der Waals surface area contributed by atoms with Gasteiger partial charge in [0, 0.05) is 0 Å². The Hall–Kier alpha value is -0.990. The van der Waals surface area contributed by atoms with E-state index >= 15 is 0 Å². The van der Waals surface area contributed by atoms with Crippen LogP contribution in [0.1, 0.15) is 33.1 Å². The number of rotatable bonds is 6. The summed E-state index contributed by atoms with van der Waals surface area (Å²) in [6.07, 6.45) is 5.86. The molecule has 0 aromatic carbocycles. The van der Waals surface area contributed by atoms with Gasteiger partial charge in [0.1, 0.15) is 6.61 Å². The predicted octanol–water partition coefficient (Wildman–Crippen LogP) is 3.06. The second-order valence-electron chi connectivity index (χ2n) is 3.37. The Bertz CT molecular complexity index is 162. The lowest BCUT2D eigenvalue weighted by Crippen LogP contribution is -1.98. The molecular weight excluding hydrogens is 168 g/mol. The maximum atomic E-state index is 9.92. The zero-order valence-corrected chi connectivity index (χ0v) is 8.32. The van der Waals surface area contributed by atoms with Crippen molar-refractivity contribution in [2.75, 3.05) is 6.61 Å². The fraction of sp³-hybridized carbons (Fsp3) is 0.700. The first-order valence-electron chi connectivity index (χ1n) is 4.63. The van der Waals surface area contributed by atoms with Crippen molar-refractivity contribution in [3.63, 3.8) is 0 Å². The molecule has 0 saturated carbocycles. The molecule has 0 aliphatic heterocycles. The number of unbranched alkanes of at least 4 members (excludes halogenated alkanes) is 1. The van der Waals surface area contributed by atoms with Crippen LogP contribution in [0, 0.1) is 5.92 Å². The SMILES string of the molecule is CC(C)CCCC=CCOC(=O)O. The van der Waals surface area contributed by atoms with Gasteiger partial charge in [-0.15, -0.1) is 0 Å². The molecule has 0 radical (unpaired) electrons. The molecule has 0 aromatic heterocycles. The molecule has 0 bridgehead atoms. The summed E-state index contributed by atoms with van der Waals surface area (Å²) in [6, 6.07) is 0. The van der Waals surface area contributed by atoms with Crippen LogP contribution in [0.25, 0.3) is 0 Å². The van der Waals surface area contributed by atoms with Crippen molar-refractivity contribution in [3.05, 3.63) is 12.2 Å². The minimum absolute atomic E-state index is 0.164. The molecule has 3 heteroatoms. The van der Waals surface area contributed by atoms with E-state index in [0.717, 1.165) is 18.8 Å². The van der Waals surface area contributed by atoms with Crippen LogP contribution in [0.5, 0.6) is 0 Å². The molecule has 3 nitrogen and oxygen atoms in total. The molecule has 0 saturated heterocycles. The summed E-state index contributed by atoms with van der Waals surface area (Å²) in [7, 11) is 0. The Labute approximate surface area is 79.4 Å². The normalized spacial score (nSPS) is 11.0. The minimum atomic E-state index is -1.22. The molecule has 0 heterocycles. The van der Waals surface area contributed by atoms with Crippen molar-refractivity contribution in [1.29, 1.82) is 0 Å². The van der Waals surface area contributed by atoms with Crippen LogP contribution < -0.4 is 0 Å². The summed E-state index contributed by atoms with van der Waals surface area (Å²) in [5, 5.41) is 8.13. The number of hydrogen-bond donors (Lipinski definition) is 1. The summed E-state index contributed by atoms with van der Waals surface area (Å²) in [5.41, 5.74) is 0. The Morgan fingerprint density at radius 2 is 2.15 bits per heavy atom. The van der Waals surface area contributed by atoms with Crippen LogP contribution in [-0.2, 0) is 4.74 Å². The van der Waals surface area contributed by atoms with Crippen molar-refractivity contribution in [1.82, 2.24) is 0 Å². The molecular formula is C10H18O3. The van der Waals surface area contributed by atoms with Crippen molar-refractivity contribution in [2.24, 2.45) is 5.92 Å². The molecule has 0 unspecified atom stereocenters. The molecule has 1 N–H and O–H groups in total. The Morgan fingerprint density at radius 1 is 1.46 bits per heavy atom. The second-order valence-corrected chi connectivity index (χ2v) is 3.37. The number of ether oxygens (including phenoxy) is 1. The number of allylic oxidation sites excluding steroid dienone is 1. The van der Waals surface area contributed by atoms with Gasteiger partial charge in [0.2, 0.25) is 0 Å². The third kappa shape index (κ3) is 11.0. The first kappa shape index (κ1) is 12.0. The first-order chi connectivity index (χ1) is 6.13. The molecule has 0 amide bonds. The maximum absolute atomic E-state index is 9.92. The summed E-state index contributed by atoms with van der Waals surface area (Å²) >= 11 is 0. The highest BCUT2D eigenvalue weighted by atomic mass is 16.7. The average molecular weight is 186 g/mol. The third-order valence-corrected chi connectivity index (χ3v) is 1.62. The Kier molecular flexibility index (Phi) is 7.07. The average Bonchev–Trinajstić information content (AvgIpc) is 2.01. The second kappa shape index (κ2) is 7.65. The number of carbonyl (C=O) groups is 1. The van der Waals surface area contributed by atoms with Crippen molar-refractivity contribution < 1.29 is 14.6 Å². The monoisotopic (exact) mass is 186 g/mol. The summed E-state index contributed by atoms with van der Waals surface area (Å²) in [4.78, 5) is 9.92. The molecule has 13 heavy (non-hydrogen) atoms. The standard InChI is InChI=1S/C10H18O3/c1-9(2)7-5-3-4-6-8-13-10(11)12/h4,6,9H,3,5,7-8H2,1-2H3,(H,11,12). The highest BCUT2D eigenvalue weighted by Crippen LogP contribution is 2.06. The van der Waals surface area contributed by atoms with Crippen LogP contribution in [0.2, 0.25) is 0 Å². The van der Waals surface area contributed by atoms with Gasteiger partial charge in [-0.2, -0.15) is 0 Å². The van der Waals surface area contributed by atoms with Gasteiger partial charge in [-0.3, -0.25) is 0 Å². The molecule has 0 fully saturated rings. The predicted molar refractivity (Wildman–Crippen MR) is 51.8 cm³/mol.